The van der Waals surface area contributed by atoms with E-state index in [0.717, 1.165) is 24.8 Å². The fraction of sp³-hybridized carbons (Fsp3) is 0.533. The van der Waals surface area contributed by atoms with E-state index in [1.165, 1.54) is 0 Å². The van der Waals surface area contributed by atoms with Crippen molar-refractivity contribution >= 4 is 15.7 Å². The molecule has 1 aromatic rings. The lowest BCUT2D eigenvalue weighted by molar-refractivity contribution is -0.121. The van der Waals surface area contributed by atoms with E-state index in [1.807, 2.05) is 12.1 Å². The van der Waals surface area contributed by atoms with Gasteiger partial charge in [-0.1, -0.05) is 18.2 Å². The molecule has 1 unspecified atom stereocenters. The molecule has 0 radical (unpaired) electrons. The molecular weight excluding hydrogens is 288 g/mol. The molecule has 1 aliphatic heterocycles. The lowest BCUT2D eigenvalue weighted by Gasteiger charge is -2.12. The van der Waals surface area contributed by atoms with Gasteiger partial charge < -0.3 is 10.6 Å². The Morgan fingerprint density at radius 3 is 2.76 bits per heavy atom. The zero-order valence-electron chi connectivity index (χ0n) is 11.8. The maximum absolute atomic E-state index is 12.0. The number of carbonyl (C=O) groups is 1. The van der Waals surface area contributed by atoms with Gasteiger partial charge in [0.25, 0.3) is 0 Å². The highest BCUT2D eigenvalue weighted by Gasteiger charge is 2.33. The number of nitrogens with one attached hydrogen (secondary N) is 2. The van der Waals surface area contributed by atoms with Gasteiger partial charge in [-0.15, -0.1) is 0 Å². The quantitative estimate of drug-likeness (QED) is 0.773. The number of rotatable bonds is 6. The first-order chi connectivity index (χ1) is 10.1. The molecule has 0 bridgehead atoms. The summed E-state index contributed by atoms with van der Waals surface area (Å²) in [6.07, 6.45) is 3.41. The summed E-state index contributed by atoms with van der Waals surface area (Å²) in [5, 5.41) is 6.21. The minimum absolute atomic E-state index is 0.0961. The van der Waals surface area contributed by atoms with Gasteiger partial charge >= 0.3 is 0 Å². The van der Waals surface area contributed by atoms with Gasteiger partial charge in [0.15, 0.2) is 9.84 Å². The molecule has 21 heavy (non-hydrogen) atoms. The van der Waals surface area contributed by atoms with Crippen LogP contribution in [-0.2, 0) is 14.6 Å². The monoisotopic (exact) mass is 308 g/mol. The van der Waals surface area contributed by atoms with E-state index in [0.29, 0.717) is 23.9 Å². The molecule has 6 heteroatoms. The molecule has 3 rings (SSSR count). The van der Waals surface area contributed by atoms with Crippen LogP contribution in [-0.4, -0.2) is 32.7 Å². The molecule has 114 valence electrons. The second kappa shape index (κ2) is 5.77. The van der Waals surface area contributed by atoms with E-state index in [9.17, 15) is 13.2 Å². The van der Waals surface area contributed by atoms with E-state index in [1.54, 1.807) is 12.1 Å². The molecule has 5 nitrogen and oxygen atoms in total. The summed E-state index contributed by atoms with van der Waals surface area (Å²) in [7, 11) is -3.16. The summed E-state index contributed by atoms with van der Waals surface area (Å²) in [6.45, 7) is 0.645. The molecule has 1 heterocycles. The second-order valence-electron chi connectivity index (χ2n) is 5.77. The molecule has 0 spiro atoms. The molecule has 1 saturated carbocycles. The van der Waals surface area contributed by atoms with Crippen LogP contribution in [0.4, 0.5) is 0 Å². The van der Waals surface area contributed by atoms with Crippen molar-refractivity contribution in [3.8, 4) is 0 Å². The fourth-order valence-corrected chi connectivity index (χ4v) is 4.44. The summed E-state index contributed by atoms with van der Waals surface area (Å²) >= 11 is 0. The maximum atomic E-state index is 12.0. The highest BCUT2D eigenvalue weighted by atomic mass is 32.2. The Kier molecular flexibility index (Phi) is 3.99. The average molecular weight is 308 g/mol. The van der Waals surface area contributed by atoms with Crippen molar-refractivity contribution < 1.29 is 13.2 Å². The van der Waals surface area contributed by atoms with Crippen LogP contribution in [0.2, 0.25) is 0 Å². The van der Waals surface area contributed by atoms with E-state index in [2.05, 4.69) is 10.6 Å². The van der Waals surface area contributed by atoms with Gasteiger partial charge in [0, 0.05) is 18.5 Å². The topological polar surface area (TPSA) is 75.3 Å². The van der Waals surface area contributed by atoms with E-state index in [-0.39, 0.29) is 17.7 Å². The van der Waals surface area contributed by atoms with Crippen LogP contribution in [0.15, 0.2) is 29.2 Å². The molecule has 1 aliphatic carbocycles. The largest absolute Gasteiger partial charge is 0.353 e. The normalized spacial score (nSPS) is 22.8. The molecule has 1 fully saturated rings. The van der Waals surface area contributed by atoms with Crippen LogP contribution < -0.4 is 10.6 Å². The average Bonchev–Trinajstić information content (AvgIpc) is 3.21. The van der Waals surface area contributed by atoms with Crippen LogP contribution in [0.5, 0.6) is 0 Å². The number of amides is 1. The number of hydrogen-bond donors (Lipinski definition) is 2. The van der Waals surface area contributed by atoms with Gasteiger partial charge in [-0.2, -0.15) is 0 Å². The minimum atomic E-state index is -3.16. The summed E-state index contributed by atoms with van der Waals surface area (Å²) in [5.74, 6) is 0.208. The van der Waals surface area contributed by atoms with Crippen molar-refractivity contribution in [3.05, 3.63) is 29.8 Å². The van der Waals surface area contributed by atoms with Crippen LogP contribution in [0.3, 0.4) is 0 Å². The molecule has 1 aromatic carbocycles. The number of hydrogen-bond acceptors (Lipinski definition) is 4. The summed E-state index contributed by atoms with van der Waals surface area (Å²) < 4.78 is 24.1. The Balaban J connectivity index is 1.49. The molecule has 2 N–H and O–H groups in total. The zero-order valence-corrected chi connectivity index (χ0v) is 12.7. The maximum Gasteiger partial charge on any atom is 0.220 e. The lowest BCUT2D eigenvalue weighted by atomic mass is 10.1. The molecule has 2 aliphatic rings. The molecule has 0 saturated heterocycles. The first kappa shape index (κ1) is 14.5. The summed E-state index contributed by atoms with van der Waals surface area (Å²) in [4.78, 5) is 12.0. The SMILES string of the molecule is O=C(CCCNC1CS(=O)(=O)c2ccccc21)NC1CC1. The predicted molar refractivity (Wildman–Crippen MR) is 79.6 cm³/mol. The minimum Gasteiger partial charge on any atom is -0.353 e. The Labute approximate surface area is 125 Å². The first-order valence-electron chi connectivity index (χ1n) is 7.41. The van der Waals surface area contributed by atoms with Gasteiger partial charge in [-0.3, -0.25) is 4.79 Å². The second-order valence-corrected chi connectivity index (χ2v) is 7.77. The van der Waals surface area contributed by atoms with Gasteiger partial charge in [-0.25, -0.2) is 8.42 Å². The van der Waals surface area contributed by atoms with Crippen molar-refractivity contribution in [1.82, 2.24) is 10.6 Å². The number of fused-ring (bicyclic) bond motifs is 1. The van der Waals surface area contributed by atoms with Gasteiger partial charge in [0.05, 0.1) is 10.6 Å². The third-order valence-electron chi connectivity index (χ3n) is 3.93. The Bertz CT molecular complexity index is 638. The Morgan fingerprint density at radius 1 is 1.24 bits per heavy atom. The standard InChI is InChI=1S/C15H20N2O3S/c18-15(17-11-7-8-11)6-3-9-16-13-10-21(19,20)14-5-2-1-4-12(13)14/h1-2,4-5,11,13,16H,3,6-10H2,(H,17,18). The Morgan fingerprint density at radius 2 is 2.00 bits per heavy atom. The first-order valence-corrected chi connectivity index (χ1v) is 9.06. The number of sulfone groups is 1. The van der Waals surface area contributed by atoms with Crippen molar-refractivity contribution in [2.24, 2.45) is 0 Å². The van der Waals surface area contributed by atoms with Crippen molar-refractivity contribution in [3.63, 3.8) is 0 Å². The van der Waals surface area contributed by atoms with Crippen LogP contribution >= 0.6 is 0 Å². The van der Waals surface area contributed by atoms with Gasteiger partial charge in [-0.05, 0) is 37.4 Å². The summed E-state index contributed by atoms with van der Waals surface area (Å²) in [6, 6.07) is 7.38. The van der Waals surface area contributed by atoms with Gasteiger partial charge in [0.2, 0.25) is 5.91 Å². The van der Waals surface area contributed by atoms with Crippen molar-refractivity contribution in [1.29, 1.82) is 0 Å². The smallest absolute Gasteiger partial charge is 0.220 e. The predicted octanol–water partition coefficient (Wildman–Crippen LogP) is 1.16. The lowest BCUT2D eigenvalue weighted by Crippen LogP contribution is -2.28. The third-order valence-corrected chi connectivity index (χ3v) is 5.74. The van der Waals surface area contributed by atoms with Gasteiger partial charge in [0.1, 0.15) is 0 Å². The van der Waals surface area contributed by atoms with Crippen LogP contribution in [0.1, 0.15) is 37.3 Å². The third kappa shape index (κ3) is 3.44. The van der Waals surface area contributed by atoms with E-state index >= 15 is 0 Å². The fourth-order valence-electron chi connectivity index (χ4n) is 2.67. The highest BCUT2D eigenvalue weighted by molar-refractivity contribution is 7.91. The summed E-state index contributed by atoms with van der Waals surface area (Å²) in [5.41, 5.74) is 0.847. The highest BCUT2D eigenvalue weighted by Crippen LogP contribution is 2.32. The molecule has 0 aromatic heterocycles. The van der Waals surface area contributed by atoms with Crippen molar-refractivity contribution in [2.45, 2.75) is 42.7 Å². The molecular formula is C15H20N2O3S. The Hall–Kier alpha value is -1.40. The van der Waals surface area contributed by atoms with Crippen molar-refractivity contribution in [2.75, 3.05) is 12.3 Å². The van der Waals surface area contributed by atoms with E-state index in [4.69, 9.17) is 0 Å². The number of carbonyl (C=O) groups excluding carboxylic acids is 1. The van der Waals surface area contributed by atoms with Crippen LogP contribution in [0, 0.1) is 0 Å². The number of benzene rings is 1. The van der Waals surface area contributed by atoms with Crippen LogP contribution in [0.25, 0.3) is 0 Å². The van der Waals surface area contributed by atoms with E-state index < -0.39 is 9.84 Å². The molecule has 1 amide bonds. The zero-order chi connectivity index (χ0) is 14.9. The molecule has 1 atom stereocenters.